The molecule has 2 aliphatic rings. The van der Waals surface area contributed by atoms with E-state index >= 15 is 0 Å². The van der Waals surface area contributed by atoms with Gasteiger partial charge in [0.15, 0.2) is 0 Å². The summed E-state index contributed by atoms with van der Waals surface area (Å²) in [5.41, 5.74) is 1.96. The molecule has 2 saturated heterocycles. The second-order valence-corrected chi connectivity index (χ2v) is 6.77. The van der Waals surface area contributed by atoms with Gasteiger partial charge in [0.05, 0.1) is 30.4 Å². The maximum Gasteiger partial charge on any atom is 0.490 e. The molecule has 2 heterocycles. The first kappa shape index (κ1) is 22.1. The van der Waals surface area contributed by atoms with E-state index in [0.29, 0.717) is 18.8 Å². The third-order valence-corrected chi connectivity index (χ3v) is 4.79. The van der Waals surface area contributed by atoms with Gasteiger partial charge in [-0.05, 0) is 37.0 Å². The van der Waals surface area contributed by atoms with Crippen LogP contribution in [0.3, 0.4) is 0 Å². The first-order chi connectivity index (χ1) is 13.2. The van der Waals surface area contributed by atoms with Gasteiger partial charge in [-0.25, -0.2) is 4.79 Å². The summed E-state index contributed by atoms with van der Waals surface area (Å²) in [7, 11) is 1.73. The van der Waals surface area contributed by atoms with Gasteiger partial charge in [-0.3, -0.25) is 4.90 Å². The second-order valence-electron chi connectivity index (χ2n) is 6.77. The summed E-state index contributed by atoms with van der Waals surface area (Å²) < 4.78 is 43.1. The summed E-state index contributed by atoms with van der Waals surface area (Å²) in [5, 5.41) is 16.1. The van der Waals surface area contributed by atoms with Crippen LogP contribution in [0.1, 0.15) is 30.4 Å². The van der Waals surface area contributed by atoms with Crippen molar-refractivity contribution >= 4 is 5.97 Å². The second kappa shape index (κ2) is 9.87. The number of carboxylic acids is 1. The minimum absolute atomic E-state index is 0.262. The zero-order chi connectivity index (χ0) is 20.7. The molecule has 3 atom stereocenters. The highest BCUT2D eigenvalue weighted by Crippen LogP contribution is 2.32. The van der Waals surface area contributed by atoms with E-state index in [2.05, 4.69) is 17.0 Å². The highest BCUT2D eigenvalue weighted by atomic mass is 19.4. The number of carbonyl (C=O) groups is 1. The number of carboxylic acid groups (broad SMARTS) is 1. The average Bonchev–Trinajstić information content (AvgIpc) is 3.04. The van der Waals surface area contributed by atoms with E-state index in [1.807, 2.05) is 18.2 Å². The first-order valence-corrected chi connectivity index (χ1v) is 8.92. The number of nitriles is 1. The van der Waals surface area contributed by atoms with Crippen molar-refractivity contribution in [3.05, 3.63) is 35.4 Å². The Kier molecular flexibility index (Phi) is 7.80. The molecule has 2 fully saturated rings. The maximum atomic E-state index is 10.6. The van der Waals surface area contributed by atoms with Gasteiger partial charge in [0, 0.05) is 26.2 Å². The molecule has 1 aromatic rings. The Morgan fingerprint density at radius 3 is 2.71 bits per heavy atom. The van der Waals surface area contributed by atoms with Crippen LogP contribution in [0.2, 0.25) is 0 Å². The number of nitrogens with zero attached hydrogens (tertiary/aromatic N) is 2. The maximum absolute atomic E-state index is 10.6. The summed E-state index contributed by atoms with van der Waals surface area (Å²) in [6.07, 6.45) is -1.13. The molecule has 0 amide bonds. The quantitative estimate of drug-likeness (QED) is 0.837. The predicted octanol–water partition coefficient (Wildman–Crippen LogP) is 2.96. The van der Waals surface area contributed by atoms with E-state index in [9.17, 15) is 13.2 Å². The summed E-state index contributed by atoms with van der Waals surface area (Å²) in [4.78, 5) is 11.4. The van der Waals surface area contributed by atoms with E-state index in [1.165, 1.54) is 12.0 Å². The topological polar surface area (TPSA) is 82.8 Å². The zero-order valence-electron chi connectivity index (χ0n) is 15.5. The van der Waals surface area contributed by atoms with Crippen molar-refractivity contribution in [1.29, 1.82) is 5.26 Å². The fraction of sp³-hybridized carbons (Fsp3) is 0.579. The number of hydrogen-bond acceptors (Lipinski definition) is 5. The lowest BCUT2D eigenvalue weighted by Gasteiger charge is -2.35. The average molecular weight is 400 g/mol. The molecule has 2 aliphatic heterocycles. The molecule has 0 bridgehead atoms. The number of rotatable bonds is 4. The fourth-order valence-corrected chi connectivity index (χ4v) is 3.56. The lowest BCUT2D eigenvalue weighted by molar-refractivity contribution is -0.192. The molecule has 0 unspecified atom stereocenters. The predicted molar refractivity (Wildman–Crippen MR) is 93.4 cm³/mol. The molecule has 6 nitrogen and oxygen atoms in total. The Bertz CT molecular complexity index is 705. The molecule has 0 saturated carbocycles. The van der Waals surface area contributed by atoms with Crippen molar-refractivity contribution in [2.75, 3.05) is 20.3 Å². The molecule has 0 aliphatic carbocycles. The first-order valence-electron chi connectivity index (χ1n) is 8.92. The highest BCUT2D eigenvalue weighted by molar-refractivity contribution is 5.73. The van der Waals surface area contributed by atoms with Gasteiger partial charge in [-0.2, -0.15) is 18.4 Å². The largest absolute Gasteiger partial charge is 0.490 e. The molecule has 0 aromatic heterocycles. The Balaban J connectivity index is 0.000000345. The van der Waals surface area contributed by atoms with Gasteiger partial charge in [0.2, 0.25) is 0 Å². The van der Waals surface area contributed by atoms with Gasteiger partial charge >= 0.3 is 12.1 Å². The van der Waals surface area contributed by atoms with E-state index < -0.39 is 12.1 Å². The van der Waals surface area contributed by atoms with Crippen molar-refractivity contribution in [3.63, 3.8) is 0 Å². The number of aliphatic carboxylic acids is 1. The van der Waals surface area contributed by atoms with Crippen LogP contribution in [0.4, 0.5) is 13.2 Å². The Morgan fingerprint density at radius 2 is 2.11 bits per heavy atom. The van der Waals surface area contributed by atoms with Crippen LogP contribution in [0.25, 0.3) is 0 Å². The van der Waals surface area contributed by atoms with Crippen molar-refractivity contribution < 1.29 is 32.5 Å². The third kappa shape index (κ3) is 6.19. The van der Waals surface area contributed by atoms with Crippen LogP contribution >= 0.6 is 0 Å². The summed E-state index contributed by atoms with van der Waals surface area (Å²) >= 11 is 0. The van der Waals surface area contributed by atoms with Gasteiger partial charge in [0.1, 0.15) is 0 Å². The third-order valence-electron chi connectivity index (χ3n) is 4.79. The van der Waals surface area contributed by atoms with Crippen molar-refractivity contribution in [3.8, 4) is 6.07 Å². The van der Waals surface area contributed by atoms with E-state index in [0.717, 1.165) is 31.5 Å². The minimum atomic E-state index is -5.08. The lowest BCUT2D eigenvalue weighted by atomic mass is 9.99. The molecule has 1 N–H and O–H groups in total. The normalized spacial score (nSPS) is 24.6. The van der Waals surface area contributed by atoms with Gasteiger partial charge < -0.3 is 14.6 Å². The number of ether oxygens (including phenoxy) is 2. The Hall–Kier alpha value is -2.15. The lowest BCUT2D eigenvalue weighted by Crippen LogP contribution is -2.43. The molecule has 3 rings (SSSR count). The van der Waals surface area contributed by atoms with Gasteiger partial charge in [0.25, 0.3) is 0 Å². The Labute approximate surface area is 161 Å². The highest BCUT2D eigenvalue weighted by Gasteiger charge is 2.39. The molecule has 154 valence electrons. The molecule has 0 radical (unpaired) electrons. The van der Waals surface area contributed by atoms with Crippen LogP contribution in [0.15, 0.2) is 24.3 Å². The van der Waals surface area contributed by atoms with Crippen LogP contribution < -0.4 is 0 Å². The molecular formula is C19H23F3N2O4. The van der Waals surface area contributed by atoms with Gasteiger partial charge in [-0.15, -0.1) is 0 Å². The number of likely N-dealkylation sites (tertiary alicyclic amines) is 1. The number of methoxy groups -OCH3 is 1. The molecular weight excluding hydrogens is 377 g/mol. The van der Waals surface area contributed by atoms with Crippen LogP contribution in [0.5, 0.6) is 0 Å². The standard InChI is InChI=1S/C17H22N2O2.C2HF3O2/c1-20-12-15-5-6-16-17(21-15)7-8-19(16)11-14-4-2-3-13(9-14)10-18;3-2(4,5)1(6)7/h2-4,9,15-17H,5-8,11-12H2,1H3;(H,6,7)/t15-,16+,17+;/m1./s1. The smallest absolute Gasteiger partial charge is 0.475 e. The zero-order valence-corrected chi connectivity index (χ0v) is 15.5. The molecule has 9 heteroatoms. The summed E-state index contributed by atoms with van der Waals surface area (Å²) in [5.74, 6) is -2.76. The monoisotopic (exact) mass is 400 g/mol. The molecule has 0 spiro atoms. The summed E-state index contributed by atoms with van der Waals surface area (Å²) in [6, 6.07) is 10.6. The van der Waals surface area contributed by atoms with E-state index in [-0.39, 0.29) is 6.10 Å². The fourth-order valence-electron chi connectivity index (χ4n) is 3.56. The Morgan fingerprint density at radius 1 is 1.39 bits per heavy atom. The summed E-state index contributed by atoms with van der Waals surface area (Å²) in [6.45, 7) is 2.69. The molecule has 28 heavy (non-hydrogen) atoms. The number of alkyl halides is 3. The number of benzene rings is 1. The van der Waals surface area contributed by atoms with Gasteiger partial charge in [-0.1, -0.05) is 12.1 Å². The van der Waals surface area contributed by atoms with Crippen LogP contribution in [0, 0.1) is 11.3 Å². The number of halogens is 3. The van der Waals surface area contributed by atoms with Crippen molar-refractivity contribution in [1.82, 2.24) is 4.90 Å². The number of hydrogen-bond donors (Lipinski definition) is 1. The van der Waals surface area contributed by atoms with Crippen molar-refractivity contribution in [2.45, 2.75) is 50.2 Å². The van der Waals surface area contributed by atoms with Crippen LogP contribution in [-0.2, 0) is 20.8 Å². The number of fused-ring (bicyclic) bond motifs is 1. The van der Waals surface area contributed by atoms with E-state index in [1.54, 1.807) is 7.11 Å². The SMILES string of the molecule is COC[C@H]1CC[C@H]2[C@H](CCN2Cc2cccc(C#N)c2)O1.O=C(O)C(F)(F)F. The van der Waals surface area contributed by atoms with Crippen molar-refractivity contribution in [2.24, 2.45) is 0 Å². The van der Waals surface area contributed by atoms with Crippen LogP contribution in [-0.4, -0.2) is 60.7 Å². The minimum Gasteiger partial charge on any atom is -0.475 e. The van der Waals surface area contributed by atoms with E-state index in [4.69, 9.17) is 24.6 Å². The molecule has 1 aromatic carbocycles.